The van der Waals surface area contributed by atoms with Gasteiger partial charge in [0.05, 0.1) is 6.54 Å². The molecule has 0 radical (unpaired) electrons. The van der Waals surface area contributed by atoms with Crippen LogP contribution in [-0.4, -0.2) is 53.5 Å². The molecule has 3 rings (SSSR count). The number of pyridine rings is 2. The van der Waals surface area contributed by atoms with Gasteiger partial charge in [-0.25, -0.2) is 4.98 Å². The molecule has 0 bridgehead atoms. The van der Waals surface area contributed by atoms with Crippen molar-refractivity contribution in [1.29, 1.82) is 0 Å². The van der Waals surface area contributed by atoms with E-state index in [0.29, 0.717) is 13.1 Å². The highest BCUT2D eigenvalue weighted by Crippen LogP contribution is 2.17. The summed E-state index contributed by atoms with van der Waals surface area (Å²) in [6.07, 6.45) is 7.48. The number of amides is 1. The van der Waals surface area contributed by atoms with Gasteiger partial charge in [-0.1, -0.05) is 12.1 Å². The van der Waals surface area contributed by atoms with Gasteiger partial charge < -0.3 is 10.2 Å². The molecule has 0 saturated carbocycles. The first-order chi connectivity index (χ1) is 12.2. The molecule has 1 atom stereocenters. The third-order valence-electron chi connectivity index (χ3n) is 4.35. The van der Waals surface area contributed by atoms with Crippen LogP contribution in [0.2, 0.25) is 0 Å². The first-order valence-corrected chi connectivity index (χ1v) is 8.73. The minimum Gasteiger partial charge on any atom is -0.355 e. The molecule has 0 aromatic carbocycles. The number of nitrogens with zero attached hydrogens (tertiary/aromatic N) is 4. The number of carbonyl (C=O) groups is 1. The predicted molar refractivity (Wildman–Crippen MR) is 98.2 cm³/mol. The van der Waals surface area contributed by atoms with Gasteiger partial charge in [0, 0.05) is 44.3 Å². The Labute approximate surface area is 148 Å². The van der Waals surface area contributed by atoms with Crippen LogP contribution in [0.4, 0.5) is 5.82 Å². The number of rotatable bonds is 6. The summed E-state index contributed by atoms with van der Waals surface area (Å²) in [6, 6.07) is 10.1. The van der Waals surface area contributed by atoms with Gasteiger partial charge in [0.1, 0.15) is 5.82 Å². The topological polar surface area (TPSA) is 61.4 Å². The lowest BCUT2D eigenvalue weighted by molar-refractivity contribution is -0.122. The van der Waals surface area contributed by atoms with Crippen molar-refractivity contribution in [2.75, 3.05) is 31.6 Å². The molecule has 132 valence electrons. The summed E-state index contributed by atoms with van der Waals surface area (Å²) in [5.41, 5.74) is 1.11. The maximum atomic E-state index is 12.4. The zero-order valence-electron chi connectivity index (χ0n) is 14.6. The number of hydrogen-bond donors (Lipinski definition) is 1. The summed E-state index contributed by atoms with van der Waals surface area (Å²) in [6.45, 7) is 2.90. The van der Waals surface area contributed by atoms with Crippen LogP contribution in [0.5, 0.6) is 0 Å². The number of anilines is 1. The Hall–Kier alpha value is -2.47. The number of aromatic nitrogens is 2. The molecule has 1 unspecified atom stereocenters. The quantitative estimate of drug-likeness (QED) is 0.868. The number of piperidine rings is 1. The van der Waals surface area contributed by atoms with Gasteiger partial charge >= 0.3 is 0 Å². The van der Waals surface area contributed by atoms with Crippen LogP contribution >= 0.6 is 0 Å². The van der Waals surface area contributed by atoms with E-state index in [9.17, 15) is 4.79 Å². The van der Waals surface area contributed by atoms with E-state index in [-0.39, 0.29) is 11.9 Å². The zero-order valence-corrected chi connectivity index (χ0v) is 14.6. The second-order valence-corrected chi connectivity index (χ2v) is 6.57. The summed E-state index contributed by atoms with van der Waals surface area (Å²) in [4.78, 5) is 25.1. The third kappa shape index (κ3) is 5.26. The molecule has 0 spiro atoms. The van der Waals surface area contributed by atoms with Crippen molar-refractivity contribution in [3.8, 4) is 0 Å². The molecule has 25 heavy (non-hydrogen) atoms. The van der Waals surface area contributed by atoms with Crippen molar-refractivity contribution in [3.63, 3.8) is 0 Å². The Balaban J connectivity index is 1.47. The summed E-state index contributed by atoms with van der Waals surface area (Å²) >= 11 is 0. The van der Waals surface area contributed by atoms with Crippen molar-refractivity contribution in [1.82, 2.24) is 20.2 Å². The van der Waals surface area contributed by atoms with E-state index in [2.05, 4.69) is 20.2 Å². The second-order valence-electron chi connectivity index (χ2n) is 6.57. The molecular formula is C19H25N5O. The fourth-order valence-electron chi connectivity index (χ4n) is 3.22. The van der Waals surface area contributed by atoms with E-state index in [1.807, 2.05) is 54.7 Å². The Bertz CT molecular complexity index is 664. The fraction of sp³-hybridized carbons (Fsp3) is 0.421. The van der Waals surface area contributed by atoms with Gasteiger partial charge in [-0.15, -0.1) is 0 Å². The molecule has 6 nitrogen and oxygen atoms in total. The molecular weight excluding hydrogens is 314 g/mol. The highest BCUT2D eigenvalue weighted by atomic mass is 16.2. The highest BCUT2D eigenvalue weighted by Gasteiger charge is 2.22. The van der Waals surface area contributed by atoms with Gasteiger partial charge in [0.2, 0.25) is 5.91 Å². The fourth-order valence-corrected chi connectivity index (χ4v) is 3.22. The van der Waals surface area contributed by atoms with E-state index >= 15 is 0 Å². The van der Waals surface area contributed by atoms with E-state index in [1.165, 1.54) is 0 Å². The smallest absolute Gasteiger partial charge is 0.234 e. The number of nitrogens with one attached hydrogen (secondary N) is 1. The van der Waals surface area contributed by atoms with Crippen molar-refractivity contribution in [2.24, 2.45) is 0 Å². The monoisotopic (exact) mass is 339 g/mol. The molecule has 1 amide bonds. The zero-order chi connectivity index (χ0) is 17.5. The molecule has 3 heterocycles. The number of likely N-dealkylation sites (N-methyl/N-ethyl adjacent to an activating group) is 1. The summed E-state index contributed by atoms with van der Waals surface area (Å²) in [7, 11) is 1.95. The Morgan fingerprint density at radius 2 is 2.24 bits per heavy atom. The average Bonchev–Trinajstić information content (AvgIpc) is 2.63. The number of carbonyl (C=O) groups excluding carboxylic acids is 1. The Morgan fingerprint density at radius 1 is 1.32 bits per heavy atom. The van der Waals surface area contributed by atoms with Crippen LogP contribution in [-0.2, 0) is 11.3 Å². The molecule has 1 fully saturated rings. The van der Waals surface area contributed by atoms with E-state index in [0.717, 1.165) is 37.3 Å². The third-order valence-corrected chi connectivity index (χ3v) is 4.35. The molecule has 6 heteroatoms. The molecule has 1 saturated heterocycles. The summed E-state index contributed by atoms with van der Waals surface area (Å²) in [5.74, 6) is 1.05. The van der Waals surface area contributed by atoms with E-state index in [4.69, 9.17) is 0 Å². The Morgan fingerprint density at radius 3 is 3.00 bits per heavy atom. The SMILES string of the molecule is CN(CC(=O)NC1CCCN(c2ccccn2)C1)Cc1cccnc1. The van der Waals surface area contributed by atoms with Crippen molar-refractivity contribution >= 4 is 11.7 Å². The summed E-state index contributed by atoms with van der Waals surface area (Å²) < 4.78 is 0. The first kappa shape index (κ1) is 17.4. The highest BCUT2D eigenvalue weighted by molar-refractivity contribution is 5.78. The van der Waals surface area contributed by atoms with Crippen LogP contribution in [0.25, 0.3) is 0 Å². The summed E-state index contributed by atoms with van der Waals surface area (Å²) in [5, 5.41) is 3.17. The predicted octanol–water partition coefficient (Wildman–Crippen LogP) is 1.69. The van der Waals surface area contributed by atoms with E-state index < -0.39 is 0 Å². The maximum Gasteiger partial charge on any atom is 0.234 e. The van der Waals surface area contributed by atoms with E-state index in [1.54, 1.807) is 6.20 Å². The lowest BCUT2D eigenvalue weighted by Gasteiger charge is -2.34. The minimum absolute atomic E-state index is 0.0688. The first-order valence-electron chi connectivity index (χ1n) is 8.73. The molecule has 0 aliphatic carbocycles. The van der Waals surface area contributed by atoms with Gasteiger partial charge in [-0.2, -0.15) is 0 Å². The van der Waals surface area contributed by atoms with Crippen LogP contribution in [0, 0.1) is 0 Å². The van der Waals surface area contributed by atoms with Crippen molar-refractivity contribution in [2.45, 2.75) is 25.4 Å². The average molecular weight is 339 g/mol. The minimum atomic E-state index is 0.0688. The molecule has 1 aliphatic rings. The second kappa shape index (κ2) is 8.58. The lowest BCUT2D eigenvalue weighted by Crippen LogP contribution is -2.50. The van der Waals surface area contributed by atoms with Gasteiger partial charge in [-0.3, -0.25) is 14.7 Å². The van der Waals surface area contributed by atoms with Crippen LogP contribution < -0.4 is 10.2 Å². The number of hydrogen-bond acceptors (Lipinski definition) is 5. The molecule has 1 N–H and O–H groups in total. The Kier molecular flexibility index (Phi) is 5.95. The van der Waals surface area contributed by atoms with Crippen molar-refractivity contribution < 1.29 is 4.79 Å². The van der Waals surface area contributed by atoms with Gasteiger partial charge in [0.25, 0.3) is 0 Å². The molecule has 2 aromatic heterocycles. The van der Waals surface area contributed by atoms with Crippen LogP contribution in [0.1, 0.15) is 18.4 Å². The van der Waals surface area contributed by atoms with Gasteiger partial charge in [-0.05, 0) is 43.7 Å². The maximum absolute atomic E-state index is 12.4. The molecule has 2 aromatic rings. The largest absolute Gasteiger partial charge is 0.355 e. The van der Waals surface area contributed by atoms with Gasteiger partial charge in [0.15, 0.2) is 0 Å². The lowest BCUT2D eigenvalue weighted by atomic mass is 10.1. The van der Waals surface area contributed by atoms with Crippen LogP contribution in [0.15, 0.2) is 48.9 Å². The standard InChI is InChI=1S/C19H25N5O/c1-23(13-16-6-4-9-20-12-16)15-19(25)22-17-7-5-11-24(14-17)18-8-2-3-10-21-18/h2-4,6,8-10,12,17H,5,7,11,13-15H2,1H3,(H,22,25). The van der Waals surface area contributed by atoms with Crippen molar-refractivity contribution in [3.05, 3.63) is 54.5 Å². The van der Waals surface area contributed by atoms with Crippen LogP contribution in [0.3, 0.4) is 0 Å². The molecule has 1 aliphatic heterocycles. The normalized spacial score (nSPS) is 17.5.